The molecule has 6 nitrogen and oxygen atoms in total. The van der Waals surface area contributed by atoms with Gasteiger partial charge in [0.25, 0.3) is 16.7 Å². The minimum atomic E-state index is -0.0271. The SMILES string of the molecule is O=c1ccccn1CCSc1nnc(COc2ccc(Cl)cc2)o1. The van der Waals surface area contributed by atoms with Crippen LogP contribution in [-0.2, 0) is 13.2 Å². The molecular formula is C16H14ClN3O3S. The van der Waals surface area contributed by atoms with E-state index in [0.29, 0.717) is 34.2 Å². The summed E-state index contributed by atoms with van der Waals surface area (Å²) in [5.74, 6) is 1.73. The minimum Gasteiger partial charge on any atom is -0.484 e. The van der Waals surface area contributed by atoms with Gasteiger partial charge in [-0.2, -0.15) is 0 Å². The van der Waals surface area contributed by atoms with Gasteiger partial charge in [-0.05, 0) is 30.3 Å². The molecule has 0 amide bonds. The van der Waals surface area contributed by atoms with E-state index in [4.69, 9.17) is 20.8 Å². The average Bonchev–Trinajstić information content (AvgIpc) is 3.04. The highest BCUT2D eigenvalue weighted by molar-refractivity contribution is 7.99. The number of nitrogens with zero attached hydrogens (tertiary/aromatic N) is 3. The Morgan fingerprint density at radius 2 is 2.00 bits per heavy atom. The molecule has 0 aliphatic carbocycles. The number of ether oxygens (including phenoxy) is 1. The summed E-state index contributed by atoms with van der Waals surface area (Å²) in [5.41, 5.74) is -0.0271. The fourth-order valence-corrected chi connectivity index (χ4v) is 2.75. The molecule has 0 spiro atoms. The van der Waals surface area contributed by atoms with Crippen LogP contribution < -0.4 is 10.3 Å². The third-order valence-corrected chi connectivity index (χ3v) is 4.13. The summed E-state index contributed by atoms with van der Waals surface area (Å²) >= 11 is 7.21. The van der Waals surface area contributed by atoms with Gasteiger partial charge < -0.3 is 13.7 Å². The van der Waals surface area contributed by atoms with Crippen molar-refractivity contribution in [2.75, 3.05) is 5.75 Å². The number of aromatic nitrogens is 3. The molecule has 2 heterocycles. The fraction of sp³-hybridized carbons (Fsp3) is 0.188. The first kappa shape index (κ1) is 16.6. The minimum absolute atomic E-state index is 0.0271. The Hall–Kier alpha value is -2.25. The lowest BCUT2D eigenvalue weighted by atomic mass is 10.3. The van der Waals surface area contributed by atoms with Crippen molar-refractivity contribution in [1.29, 1.82) is 0 Å². The number of hydrogen-bond acceptors (Lipinski definition) is 6. The Balaban J connectivity index is 1.47. The zero-order valence-electron chi connectivity index (χ0n) is 12.6. The molecule has 0 aliphatic rings. The Morgan fingerprint density at radius 3 is 2.79 bits per heavy atom. The van der Waals surface area contributed by atoms with Crippen molar-refractivity contribution in [3.05, 3.63) is 69.9 Å². The first-order valence-electron chi connectivity index (χ1n) is 7.20. The zero-order chi connectivity index (χ0) is 16.8. The van der Waals surface area contributed by atoms with Gasteiger partial charge in [-0.3, -0.25) is 4.79 Å². The van der Waals surface area contributed by atoms with Gasteiger partial charge in [0.1, 0.15) is 5.75 Å². The van der Waals surface area contributed by atoms with Crippen molar-refractivity contribution in [2.24, 2.45) is 0 Å². The molecule has 0 saturated heterocycles. The van der Waals surface area contributed by atoms with Crippen molar-refractivity contribution in [3.63, 3.8) is 0 Å². The lowest BCUT2D eigenvalue weighted by Gasteiger charge is -2.03. The number of thioether (sulfide) groups is 1. The Kier molecular flexibility index (Phi) is 5.55. The van der Waals surface area contributed by atoms with E-state index >= 15 is 0 Å². The summed E-state index contributed by atoms with van der Waals surface area (Å²) in [4.78, 5) is 11.6. The molecule has 8 heteroatoms. The van der Waals surface area contributed by atoms with Gasteiger partial charge in [-0.15, -0.1) is 10.2 Å². The van der Waals surface area contributed by atoms with E-state index in [-0.39, 0.29) is 12.2 Å². The van der Waals surface area contributed by atoms with Gasteiger partial charge in [0.05, 0.1) is 0 Å². The molecule has 0 aliphatic heterocycles. The quantitative estimate of drug-likeness (QED) is 0.600. The number of benzene rings is 1. The average molecular weight is 364 g/mol. The molecular weight excluding hydrogens is 350 g/mol. The van der Waals surface area contributed by atoms with Crippen LogP contribution in [0.5, 0.6) is 5.75 Å². The molecule has 0 atom stereocenters. The van der Waals surface area contributed by atoms with E-state index in [2.05, 4.69) is 10.2 Å². The topological polar surface area (TPSA) is 70.2 Å². The Labute approximate surface area is 147 Å². The van der Waals surface area contributed by atoms with E-state index in [1.807, 2.05) is 6.07 Å². The molecule has 3 rings (SSSR count). The first-order valence-corrected chi connectivity index (χ1v) is 8.56. The summed E-state index contributed by atoms with van der Waals surface area (Å²) in [6.45, 7) is 0.761. The Bertz CT molecular complexity index is 848. The van der Waals surface area contributed by atoms with Crippen LogP contribution in [0, 0.1) is 0 Å². The number of aryl methyl sites for hydroxylation is 1. The van der Waals surface area contributed by atoms with Gasteiger partial charge in [0, 0.05) is 29.6 Å². The zero-order valence-corrected chi connectivity index (χ0v) is 14.2. The van der Waals surface area contributed by atoms with Crippen molar-refractivity contribution in [3.8, 4) is 5.75 Å². The molecule has 3 aromatic rings. The van der Waals surface area contributed by atoms with Crippen LogP contribution in [0.3, 0.4) is 0 Å². The highest BCUT2D eigenvalue weighted by Crippen LogP contribution is 2.19. The van der Waals surface area contributed by atoms with Crippen molar-refractivity contribution in [1.82, 2.24) is 14.8 Å². The third kappa shape index (κ3) is 4.62. The summed E-state index contributed by atoms with van der Waals surface area (Å²) in [5, 5.41) is 8.99. The van der Waals surface area contributed by atoms with E-state index < -0.39 is 0 Å². The summed E-state index contributed by atoms with van der Waals surface area (Å²) in [6, 6.07) is 12.1. The predicted molar refractivity (Wildman–Crippen MR) is 91.5 cm³/mol. The number of pyridine rings is 1. The van der Waals surface area contributed by atoms with Crippen LogP contribution in [0.1, 0.15) is 5.89 Å². The highest BCUT2D eigenvalue weighted by atomic mass is 35.5. The van der Waals surface area contributed by atoms with E-state index in [9.17, 15) is 4.79 Å². The van der Waals surface area contributed by atoms with Crippen LogP contribution >= 0.6 is 23.4 Å². The van der Waals surface area contributed by atoms with Gasteiger partial charge in [-0.1, -0.05) is 29.4 Å². The molecule has 24 heavy (non-hydrogen) atoms. The first-order chi connectivity index (χ1) is 11.7. The fourth-order valence-electron chi connectivity index (χ4n) is 1.91. The molecule has 0 radical (unpaired) electrons. The molecule has 1 aromatic carbocycles. The largest absolute Gasteiger partial charge is 0.484 e. The van der Waals surface area contributed by atoms with Gasteiger partial charge in [0.15, 0.2) is 6.61 Å². The van der Waals surface area contributed by atoms with Crippen molar-refractivity contribution >= 4 is 23.4 Å². The maximum Gasteiger partial charge on any atom is 0.276 e. The summed E-state index contributed by atoms with van der Waals surface area (Å²) in [7, 11) is 0. The van der Waals surface area contributed by atoms with Crippen LogP contribution in [0.4, 0.5) is 0 Å². The molecule has 0 unspecified atom stereocenters. The van der Waals surface area contributed by atoms with Crippen molar-refractivity contribution in [2.45, 2.75) is 18.4 Å². The van der Waals surface area contributed by atoms with Crippen LogP contribution in [0.25, 0.3) is 0 Å². The van der Waals surface area contributed by atoms with Gasteiger partial charge >= 0.3 is 0 Å². The lowest BCUT2D eigenvalue weighted by Crippen LogP contribution is -2.18. The molecule has 0 N–H and O–H groups in total. The number of hydrogen-bond donors (Lipinski definition) is 0. The molecule has 0 fully saturated rings. The monoisotopic (exact) mass is 363 g/mol. The van der Waals surface area contributed by atoms with Crippen LogP contribution in [-0.4, -0.2) is 20.5 Å². The number of rotatable bonds is 7. The van der Waals surface area contributed by atoms with E-state index in [1.54, 1.807) is 41.1 Å². The smallest absolute Gasteiger partial charge is 0.276 e. The second kappa shape index (κ2) is 8.03. The number of halogens is 1. The lowest BCUT2D eigenvalue weighted by molar-refractivity contribution is 0.252. The maximum atomic E-state index is 11.6. The Morgan fingerprint density at radius 1 is 1.17 bits per heavy atom. The summed E-state index contributed by atoms with van der Waals surface area (Å²) in [6.07, 6.45) is 1.75. The maximum absolute atomic E-state index is 11.6. The standard InChI is InChI=1S/C16H14ClN3O3S/c17-12-4-6-13(7-5-12)22-11-14-18-19-16(23-14)24-10-9-20-8-2-1-3-15(20)21/h1-8H,9-11H2. The van der Waals surface area contributed by atoms with Gasteiger partial charge in [-0.25, -0.2) is 0 Å². The van der Waals surface area contributed by atoms with Crippen LogP contribution in [0.15, 0.2) is 63.1 Å². The normalized spacial score (nSPS) is 10.7. The highest BCUT2D eigenvalue weighted by Gasteiger charge is 2.08. The van der Waals surface area contributed by atoms with Gasteiger partial charge in [0.2, 0.25) is 0 Å². The van der Waals surface area contributed by atoms with E-state index in [0.717, 1.165) is 0 Å². The molecule has 0 saturated carbocycles. The van der Waals surface area contributed by atoms with Crippen LogP contribution in [0.2, 0.25) is 5.02 Å². The molecule has 124 valence electrons. The predicted octanol–water partition coefficient (Wildman–Crippen LogP) is 3.26. The summed E-state index contributed by atoms with van der Waals surface area (Å²) < 4.78 is 12.7. The molecule has 2 aromatic heterocycles. The van der Waals surface area contributed by atoms with E-state index in [1.165, 1.54) is 17.8 Å². The molecule has 0 bridgehead atoms. The second-order valence-corrected chi connectivity index (χ2v) is 6.27. The van der Waals surface area contributed by atoms with Crippen molar-refractivity contribution < 1.29 is 9.15 Å². The third-order valence-electron chi connectivity index (χ3n) is 3.08. The second-order valence-electron chi connectivity index (χ2n) is 4.79.